The minimum Gasteiger partial charge on any atom is -0.430 e. The fourth-order valence-corrected chi connectivity index (χ4v) is 6.08. The van der Waals surface area contributed by atoms with Crippen LogP contribution in [0, 0.1) is 0 Å². The molecule has 0 aliphatic rings. The van der Waals surface area contributed by atoms with Gasteiger partial charge in [-0.2, -0.15) is 0 Å². The zero-order valence-corrected chi connectivity index (χ0v) is 10.4. The van der Waals surface area contributed by atoms with E-state index >= 15 is 0 Å². The van der Waals surface area contributed by atoms with Crippen LogP contribution in [0.15, 0.2) is 24.6 Å². The van der Waals surface area contributed by atoms with Crippen molar-refractivity contribution in [3.63, 3.8) is 0 Å². The highest BCUT2D eigenvalue weighted by Gasteiger charge is 2.33. The second-order valence-corrected chi connectivity index (χ2v) is 10.6. The lowest BCUT2D eigenvalue weighted by Crippen LogP contribution is -2.45. The topological polar surface area (TPSA) is 18.5 Å². The Morgan fingerprint density at radius 2 is 1.43 bits per heavy atom. The van der Waals surface area contributed by atoms with E-state index < -0.39 is 16.9 Å². The first kappa shape index (κ1) is 19.4. The standard InChI is InChI=1S/C8H18O2Si2.2CH4/c1-7-11(4,5)10-12(6,8-2)9-3;;/h7-8H,1-2H2,3-6H3;2*1H4. The fraction of sp³-hybridized carbons (Fsp3) is 0.600. The quantitative estimate of drug-likeness (QED) is 0.676. The van der Waals surface area contributed by atoms with Crippen LogP contribution in [0.3, 0.4) is 0 Å². The maximum Gasteiger partial charge on any atom is 0.350 e. The zero-order valence-electron chi connectivity index (χ0n) is 8.39. The third-order valence-corrected chi connectivity index (χ3v) is 7.99. The summed E-state index contributed by atoms with van der Waals surface area (Å²) in [6.07, 6.45) is 0. The molecule has 0 aliphatic heterocycles. The van der Waals surface area contributed by atoms with E-state index in [0.717, 1.165) is 0 Å². The van der Waals surface area contributed by atoms with Crippen LogP contribution in [0.2, 0.25) is 19.6 Å². The minimum absolute atomic E-state index is 0. The third kappa shape index (κ3) is 6.31. The molecule has 14 heavy (non-hydrogen) atoms. The van der Waals surface area contributed by atoms with Gasteiger partial charge in [-0.15, -0.1) is 13.2 Å². The molecule has 0 amide bonds. The van der Waals surface area contributed by atoms with Crippen LogP contribution >= 0.6 is 0 Å². The Morgan fingerprint density at radius 3 is 1.64 bits per heavy atom. The number of hydrogen-bond acceptors (Lipinski definition) is 2. The van der Waals surface area contributed by atoms with Crippen molar-refractivity contribution in [1.82, 2.24) is 0 Å². The Balaban J connectivity index is -0.000000605. The van der Waals surface area contributed by atoms with Gasteiger partial charge in [-0.25, -0.2) is 0 Å². The van der Waals surface area contributed by atoms with E-state index in [-0.39, 0.29) is 14.9 Å². The highest BCUT2D eigenvalue weighted by Crippen LogP contribution is 2.16. The molecule has 0 aromatic carbocycles. The van der Waals surface area contributed by atoms with Crippen LogP contribution < -0.4 is 0 Å². The largest absolute Gasteiger partial charge is 0.430 e. The van der Waals surface area contributed by atoms with Gasteiger partial charge < -0.3 is 8.54 Å². The predicted molar refractivity (Wildman–Crippen MR) is 71.1 cm³/mol. The lowest BCUT2D eigenvalue weighted by Gasteiger charge is -2.30. The molecule has 0 radical (unpaired) electrons. The van der Waals surface area contributed by atoms with E-state index in [1.54, 1.807) is 12.8 Å². The summed E-state index contributed by atoms with van der Waals surface area (Å²) in [5, 5.41) is 0. The number of hydrogen-bond donors (Lipinski definition) is 0. The molecule has 86 valence electrons. The molecule has 0 fully saturated rings. The molecule has 1 atom stereocenters. The van der Waals surface area contributed by atoms with Gasteiger partial charge in [0.15, 0.2) is 8.32 Å². The second-order valence-electron chi connectivity index (χ2n) is 3.33. The van der Waals surface area contributed by atoms with E-state index in [1.807, 2.05) is 12.2 Å². The maximum absolute atomic E-state index is 5.89. The molecule has 0 aliphatic carbocycles. The lowest BCUT2D eigenvalue weighted by atomic mass is 11.3. The normalized spacial score (nSPS) is 14.3. The molecule has 4 heteroatoms. The van der Waals surface area contributed by atoms with Gasteiger partial charge in [0.1, 0.15) is 0 Å². The maximum atomic E-state index is 5.89. The van der Waals surface area contributed by atoms with Gasteiger partial charge in [0.05, 0.1) is 0 Å². The molecule has 0 N–H and O–H groups in total. The van der Waals surface area contributed by atoms with Crippen molar-refractivity contribution in [1.29, 1.82) is 0 Å². The van der Waals surface area contributed by atoms with Crippen LogP contribution in [0.4, 0.5) is 0 Å². The highest BCUT2D eigenvalue weighted by molar-refractivity contribution is 6.87. The molecular formula is C10H26O2Si2. The van der Waals surface area contributed by atoms with Gasteiger partial charge >= 0.3 is 8.56 Å². The molecule has 0 aromatic rings. The van der Waals surface area contributed by atoms with Crippen LogP contribution in [-0.4, -0.2) is 24.0 Å². The molecule has 0 heterocycles. The first-order chi connectivity index (χ1) is 5.39. The monoisotopic (exact) mass is 234 g/mol. The fourth-order valence-electron chi connectivity index (χ4n) is 0.731. The first-order valence-corrected chi connectivity index (χ1v) is 9.29. The Labute approximate surface area is 92.0 Å². The molecular weight excluding hydrogens is 208 g/mol. The van der Waals surface area contributed by atoms with Gasteiger partial charge in [0, 0.05) is 7.11 Å². The van der Waals surface area contributed by atoms with E-state index in [4.69, 9.17) is 8.54 Å². The van der Waals surface area contributed by atoms with Gasteiger partial charge in [-0.05, 0) is 19.6 Å². The average Bonchev–Trinajstić information content (AvgIpc) is 2.04. The third-order valence-electron chi connectivity index (χ3n) is 1.73. The van der Waals surface area contributed by atoms with E-state index in [9.17, 15) is 0 Å². The highest BCUT2D eigenvalue weighted by atomic mass is 28.4. The van der Waals surface area contributed by atoms with Crippen molar-refractivity contribution < 1.29 is 8.54 Å². The van der Waals surface area contributed by atoms with Crippen LogP contribution in [0.1, 0.15) is 14.9 Å². The Hall–Kier alpha value is -0.166. The zero-order chi connectivity index (χ0) is 9.83. The van der Waals surface area contributed by atoms with Crippen molar-refractivity contribution in [3.05, 3.63) is 24.6 Å². The molecule has 1 unspecified atom stereocenters. The summed E-state index contributed by atoms with van der Waals surface area (Å²) >= 11 is 0. The first-order valence-electron chi connectivity index (χ1n) is 3.91. The van der Waals surface area contributed by atoms with Crippen molar-refractivity contribution in [3.8, 4) is 0 Å². The summed E-state index contributed by atoms with van der Waals surface area (Å²) < 4.78 is 11.2. The van der Waals surface area contributed by atoms with Gasteiger partial charge in [-0.3, -0.25) is 0 Å². The van der Waals surface area contributed by atoms with E-state index in [1.165, 1.54) is 0 Å². The van der Waals surface area contributed by atoms with Gasteiger partial charge in [-0.1, -0.05) is 26.3 Å². The predicted octanol–water partition coefficient (Wildman–Crippen LogP) is 3.65. The molecule has 0 saturated heterocycles. The summed E-state index contributed by atoms with van der Waals surface area (Å²) in [6.45, 7) is 13.6. The lowest BCUT2D eigenvalue weighted by molar-refractivity contribution is 0.319. The molecule has 0 spiro atoms. The van der Waals surface area contributed by atoms with Crippen molar-refractivity contribution >= 4 is 16.9 Å². The summed E-state index contributed by atoms with van der Waals surface area (Å²) in [5.41, 5.74) is 3.70. The van der Waals surface area contributed by atoms with E-state index in [2.05, 4.69) is 26.3 Å². The molecule has 0 saturated carbocycles. The summed E-state index contributed by atoms with van der Waals surface area (Å²) in [4.78, 5) is 0. The molecule has 2 nitrogen and oxygen atoms in total. The van der Waals surface area contributed by atoms with Crippen molar-refractivity contribution in [2.24, 2.45) is 0 Å². The smallest absolute Gasteiger partial charge is 0.350 e. The van der Waals surface area contributed by atoms with E-state index in [0.29, 0.717) is 0 Å². The molecule has 0 bridgehead atoms. The second kappa shape index (κ2) is 7.17. The average molecular weight is 234 g/mol. The van der Waals surface area contributed by atoms with Crippen LogP contribution in [0.25, 0.3) is 0 Å². The summed E-state index contributed by atoms with van der Waals surface area (Å²) in [5.74, 6) is 0. The van der Waals surface area contributed by atoms with Crippen molar-refractivity contribution in [2.75, 3.05) is 7.11 Å². The Bertz CT molecular complexity index is 181. The number of rotatable bonds is 5. The Kier molecular flexibility index (Phi) is 9.94. The van der Waals surface area contributed by atoms with Crippen molar-refractivity contribution in [2.45, 2.75) is 34.5 Å². The molecule has 0 aromatic heterocycles. The van der Waals surface area contributed by atoms with Gasteiger partial charge in [0.2, 0.25) is 0 Å². The summed E-state index contributed by atoms with van der Waals surface area (Å²) in [7, 11) is -2.16. The Morgan fingerprint density at radius 1 is 1.00 bits per heavy atom. The molecule has 0 rings (SSSR count). The van der Waals surface area contributed by atoms with Gasteiger partial charge in [0.25, 0.3) is 0 Å². The SMILES string of the molecule is C.C.C=C[Si](C)(C)O[Si](C)(C=C)OC. The van der Waals surface area contributed by atoms with Crippen LogP contribution in [-0.2, 0) is 8.54 Å². The summed E-state index contributed by atoms with van der Waals surface area (Å²) in [6, 6.07) is 0. The van der Waals surface area contributed by atoms with Crippen LogP contribution in [0.5, 0.6) is 0 Å². The minimum atomic E-state index is -2.10.